The monoisotopic (exact) mass is 434 g/mol. The van der Waals surface area contributed by atoms with E-state index in [0.29, 0.717) is 19.5 Å². The highest BCUT2D eigenvalue weighted by atomic mass is 16.5. The summed E-state index contributed by atoms with van der Waals surface area (Å²) in [5.41, 5.74) is 0.178. The number of nitrogens with zero attached hydrogens (tertiary/aromatic N) is 2. The van der Waals surface area contributed by atoms with Crippen molar-refractivity contribution in [1.29, 1.82) is 0 Å². The third-order valence-corrected chi connectivity index (χ3v) is 5.96. The molecule has 1 aliphatic heterocycles. The zero-order valence-electron chi connectivity index (χ0n) is 20.4. The molecule has 0 radical (unpaired) electrons. The first-order chi connectivity index (χ1) is 14.6. The molecule has 6 heteroatoms. The third-order valence-electron chi connectivity index (χ3n) is 5.96. The lowest BCUT2D eigenvalue weighted by Gasteiger charge is -2.33. The lowest BCUT2D eigenvalue weighted by Crippen LogP contribution is -2.48. The summed E-state index contributed by atoms with van der Waals surface area (Å²) in [4.78, 5) is 30.1. The van der Waals surface area contributed by atoms with Gasteiger partial charge in [0.2, 0.25) is 11.8 Å². The van der Waals surface area contributed by atoms with Crippen molar-refractivity contribution in [3.63, 3.8) is 0 Å². The second-order valence-electron chi connectivity index (χ2n) is 10.3. The van der Waals surface area contributed by atoms with Gasteiger partial charge >= 0.3 is 0 Å². The highest BCUT2D eigenvalue weighted by molar-refractivity contribution is 5.85. The summed E-state index contributed by atoms with van der Waals surface area (Å²) in [6, 6.07) is 3.73. The number of hydrogen-bond donors (Lipinski definition) is 0. The Bertz CT molecular complexity index is 674. The number of carbonyl (C=O) groups excluding carboxylic acids is 2. The Kier molecular flexibility index (Phi) is 9.60. The minimum absolute atomic E-state index is 0.0199. The van der Waals surface area contributed by atoms with Crippen LogP contribution in [0.25, 0.3) is 0 Å². The van der Waals surface area contributed by atoms with Gasteiger partial charge in [-0.2, -0.15) is 0 Å². The van der Waals surface area contributed by atoms with Gasteiger partial charge in [0.15, 0.2) is 0 Å². The van der Waals surface area contributed by atoms with Gasteiger partial charge in [-0.15, -0.1) is 0 Å². The van der Waals surface area contributed by atoms with E-state index in [2.05, 4.69) is 34.6 Å². The Balaban J connectivity index is 2.07. The average molecular weight is 435 g/mol. The molecule has 1 aromatic rings. The molecule has 0 N–H and O–H groups in total. The largest absolute Gasteiger partial charge is 0.467 e. The topological polar surface area (TPSA) is 63.0 Å². The van der Waals surface area contributed by atoms with Crippen molar-refractivity contribution in [2.75, 3.05) is 19.7 Å². The maximum absolute atomic E-state index is 13.3. The SMILES string of the molecule is CC[C@H](C)N(CC(=O)N(Cc1ccco1)C[C@@H]1CCCO1)C(=O)C[C@@H](C)CC(C)(C)C. The smallest absolute Gasteiger partial charge is 0.242 e. The van der Waals surface area contributed by atoms with Crippen molar-refractivity contribution in [3.05, 3.63) is 24.2 Å². The number of rotatable bonds is 11. The summed E-state index contributed by atoms with van der Waals surface area (Å²) in [5, 5.41) is 0. The zero-order chi connectivity index (χ0) is 23.0. The van der Waals surface area contributed by atoms with Gasteiger partial charge in [-0.3, -0.25) is 9.59 Å². The fourth-order valence-electron chi connectivity index (χ4n) is 4.37. The van der Waals surface area contributed by atoms with Crippen LogP contribution in [0.3, 0.4) is 0 Å². The van der Waals surface area contributed by atoms with E-state index in [1.807, 2.05) is 19.1 Å². The first kappa shape index (κ1) is 25.4. The van der Waals surface area contributed by atoms with E-state index in [0.717, 1.165) is 38.1 Å². The van der Waals surface area contributed by atoms with Gasteiger partial charge in [-0.05, 0) is 56.1 Å². The number of furan rings is 1. The van der Waals surface area contributed by atoms with Gasteiger partial charge in [0.1, 0.15) is 12.3 Å². The molecule has 2 rings (SSSR count). The van der Waals surface area contributed by atoms with E-state index in [-0.39, 0.29) is 41.8 Å². The van der Waals surface area contributed by atoms with Gasteiger partial charge in [0, 0.05) is 25.6 Å². The van der Waals surface area contributed by atoms with Gasteiger partial charge in [0.25, 0.3) is 0 Å². The standard InChI is InChI=1S/C25H42N2O4/c1-7-20(3)27(23(28)14-19(2)15-25(4,5)6)18-24(29)26(16-21-10-8-12-30-21)17-22-11-9-13-31-22/h8,10,12,19-20,22H,7,9,11,13-18H2,1-6H3/t19-,20+,22+/m1/s1. The van der Waals surface area contributed by atoms with Gasteiger partial charge in [0.05, 0.1) is 18.9 Å². The Hall–Kier alpha value is -1.82. The van der Waals surface area contributed by atoms with Crippen LogP contribution in [-0.4, -0.2) is 53.5 Å². The summed E-state index contributed by atoms with van der Waals surface area (Å²) >= 11 is 0. The summed E-state index contributed by atoms with van der Waals surface area (Å²) in [7, 11) is 0. The van der Waals surface area contributed by atoms with Crippen LogP contribution >= 0.6 is 0 Å². The maximum Gasteiger partial charge on any atom is 0.242 e. The normalized spacial score (nSPS) is 18.6. The van der Waals surface area contributed by atoms with Crippen molar-refractivity contribution in [3.8, 4) is 0 Å². The van der Waals surface area contributed by atoms with E-state index in [4.69, 9.17) is 9.15 Å². The molecule has 2 amide bonds. The third kappa shape index (κ3) is 8.68. The van der Waals surface area contributed by atoms with Crippen LogP contribution < -0.4 is 0 Å². The second kappa shape index (κ2) is 11.7. The maximum atomic E-state index is 13.3. The Morgan fingerprint density at radius 1 is 1.23 bits per heavy atom. The van der Waals surface area contributed by atoms with E-state index in [1.54, 1.807) is 16.1 Å². The van der Waals surface area contributed by atoms with E-state index >= 15 is 0 Å². The average Bonchev–Trinajstić information content (AvgIpc) is 3.37. The molecule has 0 unspecified atom stereocenters. The van der Waals surface area contributed by atoms with Crippen molar-refractivity contribution in [2.24, 2.45) is 11.3 Å². The summed E-state index contributed by atoms with van der Waals surface area (Å²) < 4.78 is 11.3. The molecule has 1 aliphatic rings. The van der Waals surface area contributed by atoms with Crippen LogP contribution in [0.2, 0.25) is 0 Å². The van der Waals surface area contributed by atoms with Crippen LogP contribution in [0.5, 0.6) is 0 Å². The van der Waals surface area contributed by atoms with Crippen LogP contribution in [-0.2, 0) is 20.9 Å². The Labute approximate surface area is 188 Å². The first-order valence-corrected chi connectivity index (χ1v) is 11.8. The van der Waals surface area contributed by atoms with Crippen molar-refractivity contribution >= 4 is 11.8 Å². The molecule has 176 valence electrons. The molecule has 0 saturated carbocycles. The predicted molar refractivity (Wildman–Crippen MR) is 122 cm³/mol. The van der Waals surface area contributed by atoms with Crippen LogP contribution in [0.4, 0.5) is 0 Å². The summed E-state index contributed by atoms with van der Waals surface area (Å²) in [6.45, 7) is 14.6. The molecule has 31 heavy (non-hydrogen) atoms. The number of amides is 2. The van der Waals surface area contributed by atoms with Crippen molar-refractivity contribution in [2.45, 2.75) is 92.3 Å². The molecule has 0 spiro atoms. The van der Waals surface area contributed by atoms with Gasteiger partial charge < -0.3 is 19.0 Å². The van der Waals surface area contributed by atoms with Gasteiger partial charge in [-0.1, -0.05) is 34.6 Å². The van der Waals surface area contributed by atoms with E-state index < -0.39 is 0 Å². The minimum atomic E-state index is -0.0518. The molecule has 0 bridgehead atoms. The lowest BCUT2D eigenvalue weighted by molar-refractivity contribution is -0.144. The molecule has 1 aromatic heterocycles. The molecule has 1 saturated heterocycles. The fourth-order valence-corrected chi connectivity index (χ4v) is 4.37. The van der Waals surface area contributed by atoms with Gasteiger partial charge in [-0.25, -0.2) is 0 Å². The molecular formula is C25H42N2O4. The van der Waals surface area contributed by atoms with E-state index in [9.17, 15) is 9.59 Å². The zero-order valence-corrected chi connectivity index (χ0v) is 20.4. The molecule has 0 aliphatic carbocycles. The molecular weight excluding hydrogens is 392 g/mol. The van der Waals surface area contributed by atoms with Crippen LogP contribution in [0, 0.1) is 11.3 Å². The Morgan fingerprint density at radius 2 is 1.97 bits per heavy atom. The highest BCUT2D eigenvalue weighted by Gasteiger charge is 2.29. The Morgan fingerprint density at radius 3 is 2.52 bits per heavy atom. The molecule has 2 heterocycles. The number of carbonyl (C=O) groups is 2. The van der Waals surface area contributed by atoms with Crippen LogP contribution in [0.15, 0.2) is 22.8 Å². The molecule has 0 aromatic carbocycles. The lowest BCUT2D eigenvalue weighted by atomic mass is 9.84. The number of ether oxygens (including phenoxy) is 1. The molecule has 3 atom stereocenters. The summed E-state index contributed by atoms with van der Waals surface area (Å²) in [6.07, 6.45) is 5.92. The molecule has 1 fully saturated rings. The molecule has 6 nitrogen and oxygen atoms in total. The first-order valence-electron chi connectivity index (χ1n) is 11.8. The quantitative estimate of drug-likeness (QED) is 0.498. The van der Waals surface area contributed by atoms with Crippen molar-refractivity contribution < 1.29 is 18.7 Å². The van der Waals surface area contributed by atoms with E-state index in [1.165, 1.54) is 0 Å². The minimum Gasteiger partial charge on any atom is -0.467 e. The highest BCUT2D eigenvalue weighted by Crippen LogP contribution is 2.27. The fraction of sp³-hybridized carbons (Fsp3) is 0.760. The second-order valence-corrected chi connectivity index (χ2v) is 10.3. The predicted octanol–water partition coefficient (Wildman–Crippen LogP) is 4.88. The number of hydrogen-bond acceptors (Lipinski definition) is 4. The van der Waals surface area contributed by atoms with Crippen molar-refractivity contribution in [1.82, 2.24) is 9.80 Å². The van der Waals surface area contributed by atoms with Crippen LogP contribution in [0.1, 0.15) is 79.4 Å². The summed E-state index contributed by atoms with van der Waals surface area (Å²) in [5.74, 6) is 1.03.